The number of nitrogens with zero attached hydrogens (tertiary/aromatic N) is 2. The largest absolute Gasteiger partial charge is 0.437 e. The van der Waals surface area contributed by atoms with E-state index in [9.17, 15) is 0 Å². The van der Waals surface area contributed by atoms with Crippen LogP contribution < -0.4 is 4.74 Å². The van der Waals surface area contributed by atoms with Gasteiger partial charge in [0.05, 0.1) is 17.1 Å². The van der Waals surface area contributed by atoms with Gasteiger partial charge in [0, 0.05) is 24.0 Å². The summed E-state index contributed by atoms with van der Waals surface area (Å²) < 4.78 is 5.54. The van der Waals surface area contributed by atoms with Crippen molar-refractivity contribution in [3.63, 3.8) is 0 Å². The average Bonchev–Trinajstić information content (AvgIpc) is 2.31. The molecule has 2 rings (SSSR count). The minimum atomic E-state index is 0.267. The summed E-state index contributed by atoms with van der Waals surface area (Å²) in [5.41, 5.74) is 0.712. The average molecular weight is 255 g/mol. The first-order valence-corrected chi connectivity index (χ1v) is 5.49. The molecular formula is C11H8Cl2N2O. The number of ether oxygens (including phenoxy) is 1. The van der Waals surface area contributed by atoms with Gasteiger partial charge in [0.2, 0.25) is 5.88 Å². The molecule has 0 aliphatic carbocycles. The maximum atomic E-state index is 5.95. The monoisotopic (exact) mass is 254 g/mol. The van der Waals surface area contributed by atoms with Crippen molar-refractivity contribution in [2.24, 2.45) is 0 Å². The molecule has 0 aliphatic heterocycles. The van der Waals surface area contributed by atoms with Crippen LogP contribution in [0, 0.1) is 0 Å². The van der Waals surface area contributed by atoms with Gasteiger partial charge in [-0.25, -0.2) is 4.98 Å². The van der Waals surface area contributed by atoms with E-state index in [1.807, 2.05) is 12.1 Å². The number of alkyl halides is 1. The first-order chi connectivity index (χ1) is 7.81. The molecule has 0 saturated carbocycles. The van der Waals surface area contributed by atoms with Gasteiger partial charge in [0.1, 0.15) is 0 Å². The zero-order valence-electron chi connectivity index (χ0n) is 8.23. The second kappa shape index (κ2) is 5.14. The first-order valence-electron chi connectivity index (χ1n) is 4.58. The van der Waals surface area contributed by atoms with Gasteiger partial charge in [-0.1, -0.05) is 17.7 Å². The molecular weight excluding hydrogens is 247 g/mol. The molecule has 0 atom stereocenters. The molecule has 2 aromatic rings. The van der Waals surface area contributed by atoms with E-state index >= 15 is 0 Å². The normalized spacial score (nSPS) is 10.1. The summed E-state index contributed by atoms with van der Waals surface area (Å²) in [4.78, 5) is 7.99. The van der Waals surface area contributed by atoms with Crippen LogP contribution in [0.5, 0.6) is 11.6 Å². The van der Waals surface area contributed by atoms with Crippen molar-refractivity contribution in [3.8, 4) is 11.6 Å². The van der Waals surface area contributed by atoms with E-state index in [2.05, 4.69) is 9.97 Å². The van der Waals surface area contributed by atoms with Crippen LogP contribution in [-0.2, 0) is 5.88 Å². The van der Waals surface area contributed by atoms with E-state index in [0.29, 0.717) is 22.2 Å². The Balaban J connectivity index is 2.31. The third-order valence-electron chi connectivity index (χ3n) is 1.95. The smallest absolute Gasteiger partial charge is 0.219 e. The van der Waals surface area contributed by atoms with Crippen LogP contribution in [0.25, 0.3) is 0 Å². The lowest BCUT2D eigenvalue weighted by Gasteiger charge is -2.08. The number of pyridine rings is 2. The highest BCUT2D eigenvalue weighted by molar-refractivity contribution is 6.32. The molecule has 0 spiro atoms. The highest BCUT2D eigenvalue weighted by Crippen LogP contribution is 2.29. The Morgan fingerprint density at radius 2 is 2.12 bits per heavy atom. The van der Waals surface area contributed by atoms with Gasteiger partial charge >= 0.3 is 0 Å². The lowest BCUT2D eigenvalue weighted by molar-refractivity contribution is 0.457. The van der Waals surface area contributed by atoms with Crippen molar-refractivity contribution in [2.75, 3.05) is 0 Å². The summed E-state index contributed by atoms with van der Waals surface area (Å²) in [6, 6.07) is 5.39. The quantitative estimate of drug-likeness (QED) is 0.785. The topological polar surface area (TPSA) is 35.0 Å². The maximum Gasteiger partial charge on any atom is 0.219 e. The lowest BCUT2D eigenvalue weighted by atomic mass is 10.3. The molecule has 0 aliphatic rings. The fraction of sp³-hybridized carbons (Fsp3) is 0.0909. The van der Waals surface area contributed by atoms with E-state index < -0.39 is 0 Å². The van der Waals surface area contributed by atoms with Gasteiger partial charge in [0.15, 0.2) is 5.75 Å². The SMILES string of the molecule is ClCc1c(Cl)cncc1Oc1ccccn1. The summed E-state index contributed by atoms with van der Waals surface area (Å²) in [6.07, 6.45) is 4.75. The summed E-state index contributed by atoms with van der Waals surface area (Å²) in [7, 11) is 0. The third-order valence-corrected chi connectivity index (χ3v) is 2.54. The van der Waals surface area contributed by atoms with E-state index in [1.54, 1.807) is 18.5 Å². The third kappa shape index (κ3) is 2.43. The van der Waals surface area contributed by atoms with Crippen LogP contribution in [0.15, 0.2) is 36.8 Å². The Bertz CT molecular complexity index is 477. The molecule has 0 radical (unpaired) electrons. The number of hydrogen-bond donors (Lipinski definition) is 0. The summed E-state index contributed by atoms with van der Waals surface area (Å²) in [5.74, 6) is 1.28. The van der Waals surface area contributed by atoms with Gasteiger partial charge in [-0.05, 0) is 6.07 Å². The Kier molecular flexibility index (Phi) is 3.59. The van der Waals surface area contributed by atoms with E-state index in [1.165, 1.54) is 6.20 Å². The number of rotatable bonds is 3. The predicted octanol–water partition coefficient (Wildman–Crippen LogP) is 3.66. The predicted molar refractivity (Wildman–Crippen MR) is 63.1 cm³/mol. The van der Waals surface area contributed by atoms with Crippen LogP contribution in [0.2, 0.25) is 5.02 Å². The molecule has 16 heavy (non-hydrogen) atoms. The maximum absolute atomic E-state index is 5.95. The van der Waals surface area contributed by atoms with Crippen LogP contribution in [0.4, 0.5) is 0 Å². The van der Waals surface area contributed by atoms with Crippen LogP contribution in [-0.4, -0.2) is 9.97 Å². The molecule has 82 valence electrons. The van der Waals surface area contributed by atoms with Crippen molar-refractivity contribution in [1.82, 2.24) is 9.97 Å². The highest BCUT2D eigenvalue weighted by Gasteiger charge is 2.09. The van der Waals surface area contributed by atoms with Gasteiger partial charge < -0.3 is 4.74 Å². The van der Waals surface area contributed by atoms with Gasteiger partial charge in [-0.15, -0.1) is 11.6 Å². The molecule has 0 fully saturated rings. The van der Waals surface area contributed by atoms with Crippen LogP contribution >= 0.6 is 23.2 Å². The Morgan fingerprint density at radius 3 is 2.81 bits per heavy atom. The van der Waals surface area contributed by atoms with Crippen LogP contribution in [0.3, 0.4) is 0 Å². The van der Waals surface area contributed by atoms with Crippen molar-refractivity contribution in [2.45, 2.75) is 5.88 Å². The minimum absolute atomic E-state index is 0.267. The number of aromatic nitrogens is 2. The van der Waals surface area contributed by atoms with Crippen molar-refractivity contribution in [3.05, 3.63) is 47.4 Å². The molecule has 0 saturated heterocycles. The standard InChI is InChI=1S/C11H8Cl2N2O/c12-5-8-9(13)6-14-7-10(8)16-11-3-1-2-4-15-11/h1-4,6-7H,5H2. The Morgan fingerprint density at radius 1 is 1.25 bits per heavy atom. The molecule has 0 unspecified atom stereocenters. The molecule has 5 heteroatoms. The van der Waals surface area contributed by atoms with Gasteiger partial charge in [-0.3, -0.25) is 4.98 Å². The van der Waals surface area contributed by atoms with E-state index in [-0.39, 0.29) is 5.88 Å². The fourth-order valence-electron chi connectivity index (χ4n) is 1.18. The number of hydrogen-bond acceptors (Lipinski definition) is 3. The molecule has 2 aromatic heterocycles. The van der Waals surface area contributed by atoms with E-state index in [0.717, 1.165) is 0 Å². The summed E-state index contributed by atoms with van der Waals surface area (Å²) >= 11 is 11.7. The van der Waals surface area contributed by atoms with Crippen molar-refractivity contribution in [1.29, 1.82) is 0 Å². The van der Waals surface area contributed by atoms with Crippen LogP contribution in [0.1, 0.15) is 5.56 Å². The Hall–Kier alpha value is -1.32. The zero-order chi connectivity index (χ0) is 11.4. The van der Waals surface area contributed by atoms with Crippen molar-refractivity contribution < 1.29 is 4.74 Å². The molecule has 0 amide bonds. The van der Waals surface area contributed by atoms with E-state index in [4.69, 9.17) is 27.9 Å². The fourth-order valence-corrected chi connectivity index (χ4v) is 1.74. The first kappa shape index (κ1) is 11.2. The highest BCUT2D eigenvalue weighted by atomic mass is 35.5. The lowest BCUT2D eigenvalue weighted by Crippen LogP contribution is -1.93. The zero-order valence-corrected chi connectivity index (χ0v) is 9.74. The number of halogens is 2. The second-order valence-corrected chi connectivity index (χ2v) is 3.68. The van der Waals surface area contributed by atoms with Crippen molar-refractivity contribution >= 4 is 23.2 Å². The molecule has 2 heterocycles. The van der Waals surface area contributed by atoms with Gasteiger partial charge in [-0.2, -0.15) is 0 Å². The second-order valence-electron chi connectivity index (χ2n) is 3.00. The molecule has 3 nitrogen and oxygen atoms in total. The van der Waals surface area contributed by atoms with Gasteiger partial charge in [0.25, 0.3) is 0 Å². The molecule has 0 N–H and O–H groups in total. The summed E-state index contributed by atoms with van der Waals surface area (Å²) in [6.45, 7) is 0. The molecule has 0 bridgehead atoms. The summed E-state index contributed by atoms with van der Waals surface area (Å²) in [5, 5.41) is 0.489. The Labute approximate surface area is 103 Å². The molecule has 0 aromatic carbocycles. The minimum Gasteiger partial charge on any atom is -0.437 e.